The smallest absolute Gasteiger partial charge is 0.0449 e. The lowest BCUT2D eigenvalue weighted by Crippen LogP contribution is -2.40. The first-order valence-electron chi connectivity index (χ1n) is 7.73. The molecular weight excluding hydrogens is 246 g/mol. The van der Waals surface area contributed by atoms with E-state index in [1.807, 2.05) is 0 Å². The monoisotopic (exact) mass is 275 g/mol. The molecule has 0 radical (unpaired) electrons. The number of aryl methyl sites for hydroxylation is 1. The van der Waals surface area contributed by atoms with Gasteiger partial charge in [-0.3, -0.25) is 0 Å². The number of nitrogens with zero attached hydrogens (tertiary/aromatic N) is 2. The minimum atomic E-state index is 0.410. The van der Waals surface area contributed by atoms with Gasteiger partial charge < -0.3 is 15.1 Å². The van der Waals surface area contributed by atoms with Crippen molar-refractivity contribution in [2.24, 2.45) is 0 Å². The maximum Gasteiger partial charge on any atom is 0.0449 e. The summed E-state index contributed by atoms with van der Waals surface area (Å²) in [5.74, 6) is 0. The quantitative estimate of drug-likeness (QED) is 0.859. The normalized spacial score (nSPS) is 21.6. The predicted molar refractivity (Wildman–Crippen MR) is 86.1 cm³/mol. The van der Waals surface area contributed by atoms with Crippen molar-refractivity contribution in [3.8, 4) is 0 Å². The SMILES string of the molecule is CNC(CN(C)CC1CCCN1C)c1ccccc1C. The third-order valence-electron chi connectivity index (χ3n) is 4.60. The number of nitrogens with one attached hydrogen (secondary N) is 1. The number of rotatable bonds is 6. The van der Waals surface area contributed by atoms with Gasteiger partial charge in [0.25, 0.3) is 0 Å². The highest BCUT2D eigenvalue weighted by molar-refractivity contribution is 5.28. The molecule has 112 valence electrons. The highest BCUT2D eigenvalue weighted by Gasteiger charge is 2.23. The fraction of sp³-hybridized carbons (Fsp3) is 0.647. The molecular formula is C17H29N3. The Morgan fingerprint density at radius 1 is 1.40 bits per heavy atom. The second-order valence-corrected chi connectivity index (χ2v) is 6.20. The minimum absolute atomic E-state index is 0.410. The molecule has 0 aliphatic carbocycles. The fourth-order valence-electron chi connectivity index (χ4n) is 3.28. The van der Waals surface area contributed by atoms with E-state index in [1.54, 1.807) is 0 Å². The highest BCUT2D eigenvalue weighted by atomic mass is 15.2. The van der Waals surface area contributed by atoms with Crippen molar-refractivity contribution in [1.82, 2.24) is 15.1 Å². The number of hydrogen-bond donors (Lipinski definition) is 1. The van der Waals surface area contributed by atoms with Crippen molar-refractivity contribution in [2.45, 2.75) is 31.8 Å². The number of likely N-dealkylation sites (tertiary alicyclic amines) is 1. The summed E-state index contributed by atoms with van der Waals surface area (Å²) < 4.78 is 0. The lowest BCUT2D eigenvalue weighted by molar-refractivity contribution is 0.208. The first-order chi connectivity index (χ1) is 9.61. The maximum atomic E-state index is 3.47. The molecule has 0 aromatic heterocycles. The summed E-state index contributed by atoms with van der Waals surface area (Å²) in [5.41, 5.74) is 2.79. The molecule has 2 atom stereocenters. The van der Waals surface area contributed by atoms with E-state index in [0.29, 0.717) is 6.04 Å². The van der Waals surface area contributed by atoms with Gasteiger partial charge in [0.2, 0.25) is 0 Å². The van der Waals surface area contributed by atoms with Gasteiger partial charge in [0, 0.05) is 25.2 Å². The van der Waals surface area contributed by atoms with Gasteiger partial charge >= 0.3 is 0 Å². The molecule has 3 nitrogen and oxygen atoms in total. The molecule has 1 N–H and O–H groups in total. The van der Waals surface area contributed by atoms with E-state index in [0.717, 1.165) is 12.6 Å². The van der Waals surface area contributed by atoms with Gasteiger partial charge in [0.1, 0.15) is 0 Å². The Morgan fingerprint density at radius 3 is 2.75 bits per heavy atom. The Hall–Kier alpha value is -0.900. The molecule has 1 heterocycles. The van der Waals surface area contributed by atoms with Crippen LogP contribution >= 0.6 is 0 Å². The van der Waals surface area contributed by atoms with Gasteiger partial charge in [-0.1, -0.05) is 24.3 Å². The third-order valence-corrected chi connectivity index (χ3v) is 4.60. The number of benzene rings is 1. The minimum Gasteiger partial charge on any atom is -0.312 e. The topological polar surface area (TPSA) is 18.5 Å². The Bertz CT molecular complexity index is 418. The Morgan fingerprint density at radius 2 is 2.15 bits per heavy atom. The van der Waals surface area contributed by atoms with Gasteiger partial charge in [-0.25, -0.2) is 0 Å². The molecule has 0 bridgehead atoms. The van der Waals surface area contributed by atoms with Crippen LogP contribution in [0.2, 0.25) is 0 Å². The molecule has 3 heteroatoms. The zero-order valence-corrected chi connectivity index (χ0v) is 13.4. The van der Waals surface area contributed by atoms with Gasteiger partial charge in [-0.15, -0.1) is 0 Å². The second kappa shape index (κ2) is 7.21. The van der Waals surface area contributed by atoms with Crippen molar-refractivity contribution < 1.29 is 0 Å². The molecule has 0 saturated carbocycles. The molecule has 20 heavy (non-hydrogen) atoms. The van der Waals surface area contributed by atoms with E-state index in [4.69, 9.17) is 0 Å². The summed E-state index contributed by atoms with van der Waals surface area (Å²) in [6, 6.07) is 9.83. The molecule has 1 fully saturated rings. The van der Waals surface area contributed by atoms with E-state index >= 15 is 0 Å². The summed E-state index contributed by atoms with van der Waals surface area (Å²) in [4.78, 5) is 4.97. The standard InChI is InChI=1S/C17H29N3/c1-14-8-5-6-10-16(14)17(18-2)13-19(3)12-15-9-7-11-20(15)4/h5-6,8,10,15,17-18H,7,9,11-13H2,1-4H3. The lowest BCUT2D eigenvalue weighted by Gasteiger charge is -2.29. The third kappa shape index (κ3) is 3.81. The molecule has 0 amide bonds. The fourth-order valence-corrected chi connectivity index (χ4v) is 3.28. The van der Waals surface area contributed by atoms with Gasteiger partial charge in [0.15, 0.2) is 0 Å². The molecule has 1 saturated heterocycles. The van der Waals surface area contributed by atoms with E-state index in [9.17, 15) is 0 Å². The number of hydrogen-bond acceptors (Lipinski definition) is 3. The summed E-state index contributed by atoms with van der Waals surface area (Å²) in [6.45, 7) is 5.68. The van der Waals surface area contributed by atoms with E-state index in [-0.39, 0.29) is 0 Å². The Kier molecular flexibility index (Phi) is 5.58. The lowest BCUT2D eigenvalue weighted by atomic mass is 10.0. The zero-order chi connectivity index (χ0) is 14.5. The van der Waals surface area contributed by atoms with Crippen LogP contribution in [-0.2, 0) is 0 Å². The van der Waals surface area contributed by atoms with Crippen LogP contribution in [-0.4, -0.2) is 56.6 Å². The Balaban J connectivity index is 1.94. The number of likely N-dealkylation sites (N-methyl/N-ethyl adjacent to an activating group) is 3. The average molecular weight is 275 g/mol. The van der Waals surface area contributed by atoms with Crippen molar-refractivity contribution in [1.29, 1.82) is 0 Å². The molecule has 1 aromatic rings. The van der Waals surface area contributed by atoms with Crippen LogP contribution in [0, 0.1) is 6.92 Å². The molecule has 2 unspecified atom stereocenters. The van der Waals surface area contributed by atoms with Crippen molar-refractivity contribution >= 4 is 0 Å². The molecule has 1 aliphatic rings. The summed E-state index contributed by atoms with van der Waals surface area (Å²) in [5, 5.41) is 3.47. The second-order valence-electron chi connectivity index (χ2n) is 6.20. The molecule has 2 rings (SSSR count). The predicted octanol–water partition coefficient (Wildman–Crippen LogP) is 2.28. The Labute approximate surface area is 124 Å². The molecule has 1 aromatic carbocycles. The van der Waals surface area contributed by atoms with Crippen molar-refractivity contribution in [3.05, 3.63) is 35.4 Å². The maximum absolute atomic E-state index is 3.47. The van der Waals surface area contributed by atoms with Crippen LogP contribution in [0.5, 0.6) is 0 Å². The average Bonchev–Trinajstić information content (AvgIpc) is 2.82. The van der Waals surface area contributed by atoms with Crippen molar-refractivity contribution in [3.63, 3.8) is 0 Å². The first-order valence-corrected chi connectivity index (χ1v) is 7.73. The summed E-state index contributed by atoms with van der Waals surface area (Å²) >= 11 is 0. The van der Waals surface area contributed by atoms with Crippen LogP contribution < -0.4 is 5.32 Å². The van der Waals surface area contributed by atoms with Crippen LogP contribution in [0.4, 0.5) is 0 Å². The van der Waals surface area contributed by atoms with Gasteiger partial charge in [-0.05, 0) is 58.6 Å². The van der Waals surface area contributed by atoms with Gasteiger partial charge in [-0.2, -0.15) is 0 Å². The van der Waals surface area contributed by atoms with Crippen LogP contribution in [0.1, 0.15) is 30.0 Å². The van der Waals surface area contributed by atoms with E-state index < -0.39 is 0 Å². The van der Waals surface area contributed by atoms with Crippen LogP contribution in [0.3, 0.4) is 0 Å². The summed E-state index contributed by atoms with van der Waals surface area (Å²) in [7, 11) is 6.56. The molecule has 1 aliphatic heterocycles. The first kappa shape index (κ1) is 15.5. The zero-order valence-electron chi connectivity index (χ0n) is 13.4. The van der Waals surface area contributed by atoms with Crippen LogP contribution in [0.25, 0.3) is 0 Å². The van der Waals surface area contributed by atoms with Gasteiger partial charge in [0.05, 0.1) is 0 Å². The van der Waals surface area contributed by atoms with Crippen LogP contribution in [0.15, 0.2) is 24.3 Å². The largest absolute Gasteiger partial charge is 0.312 e. The summed E-state index contributed by atoms with van der Waals surface area (Å²) in [6.07, 6.45) is 2.69. The highest BCUT2D eigenvalue weighted by Crippen LogP contribution is 2.20. The van der Waals surface area contributed by atoms with Crippen molar-refractivity contribution in [2.75, 3.05) is 40.8 Å². The molecule has 0 spiro atoms. The van der Waals surface area contributed by atoms with E-state index in [2.05, 4.69) is 67.4 Å². The van der Waals surface area contributed by atoms with E-state index in [1.165, 1.54) is 37.1 Å².